The number of carbonyl (C=O) groups excluding carboxylic acids is 1. The van der Waals surface area contributed by atoms with Gasteiger partial charge in [-0.2, -0.15) is 0 Å². The van der Waals surface area contributed by atoms with Gasteiger partial charge in [0.15, 0.2) is 0 Å². The number of carbonyl (C=O) groups is 1. The molecule has 1 amide bonds. The highest BCUT2D eigenvalue weighted by molar-refractivity contribution is 5.78. The maximum Gasteiger partial charge on any atom is 0.236 e. The normalized spacial score (nSPS) is 24.2. The molecule has 3 heterocycles. The Morgan fingerprint density at radius 3 is 2.90 bits per heavy atom. The number of imidazole rings is 1. The molecule has 6 nitrogen and oxygen atoms in total. The van der Waals surface area contributed by atoms with E-state index in [9.17, 15) is 4.79 Å². The van der Waals surface area contributed by atoms with E-state index >= 15 is 0 Å². The Balaban J connectivity index is 1.56. The third-order valence-electron chi connectivity index (χ3n) is 4.45. The molecule has 0 saturated carbocycles. The average Bonchev–Trinajstić information content (AvgIpc) is 2.94. The molecular formula is C15H24N4O2. The van der Waals surface area contributed by atoms with E-state index < -0.39 is 0 Å². The SMILES string of the molecule is Cn1ccnc1[C@H]1CCCN(CC(=O)N2CCOCC2)C1. The summed E-state index contributed by atoms with van der Waals surface area (Å²) in [7, 11) is 2.04. The van der Waals surface area contributed by atoms with E-state index in [2.05, 4.69) is 14.5 Å². The van der Waals surface area contributed by atoms with Gasteiger partial charge in [-0.15, -0.1) is 0 Å². The van der Waals surface area contributed by atoms with Gasteiger partial charge in [0.1, 0.15) is 5.82 Å². The Kier molecular flexibility index (Phi) is 4.55. The van der Waals surface area contributed by atoms with Crippen molar-refractivity contribution < 1.29 is 9.53 Å². The average molecular weight is 292 g/mol. The van der Waals surface area contributed by atoms with Crippen molar-refractivity contribution in [2.75, 3.05) is 45.9 Å². The molecular weight excluding hydrogens is 268 g/mol. The smallest absolute Gasteiger partial charge is 0.236 e. The molecule has 0 bridgehead atoms. The minimum Gasteiger partial charge on any atom is -0.378 e. The molecule has 1 atom stereocenters. The lowest BCUT2D eigenvalue weighted by Gasteiger charge is -2.34. The molecule has 21 heavy (non-hydrogen) atoms. The summed E-state index contributed by atoms with van der Waals surface area (Å²) in [5, 5.41) is 0. The molecule has 2 aliphatic heterocycles. The summed E-state index contributed by atoms with van der Waals surface area (Å²) in [5.41, 5.74) is 0. The van der Waals surface area contributed by atoms with Gasteiger partial charge in [0.25, 0.3) is 0 Å². The number of hydrogen-bond donors (Lipinski definition) is 0. The zero-order valence-corrected chi connectivity index (χ0v) is 12.7. The van der Waals surface area contributed by atoms with E-state index in [1.165, 1.54) is 0 Å². The molecule has 3 rings (SSSR count). The zero-order chi connectivity index (χ0) is 14.7. The largest absolute Gasteiger partial charge is 0.378 e. The van der Waals surface area contributed by atoms with Crippen molar-refractivity contribution in [1.29, 1.82) is 0 Å². The minimum atomic E-state index is 0.235. The second kappa shape index (κ2) is 6.58. The molecule has 0 N–H and O–H groups in total. The first kappa shape index (κ1) is 14.5. The summed E-state index contributed by atoms with van der Waals surface area (Å²) < 4.78 is 7.40. The fourth-order valence-corrected chi connectivity index (χ4v) is 3.28. The molecule has 2 saturated heterocycles. The Labute approximate surface area is 125 Å². The van der Waals surface area contributed by atoms with Crippen molar-refractivity contribution in [3.63, 3.8) is 0 Å². The van der Waals surface area contributed by atoms with E-state index in [0.29, 0.717) is 25.7 Å². The highest BCUT2D eigenvalue weighted by Gasteiger charge is 2.27. The van der Waals surface area contributed by atoms with Crippen LogP contribution in [0.15, 0.2) is 12.4 Å². The monoisotopic (exact) mass is 292 g/mol. The van der Waals surface area contributed by atoms with E-state index in [-0.39, 0.29) is 5.91 Å². The highest BCUT2D eigenvalue weighted by atomic mass is 16.5. The van der Waals surface area contributed by atoms with E-state index in [1.54, 1.807) is 0 Å². The van der Waals surface area contributed by atoms with Gasteiger partial charge < -0.3 is 14.2 Å². The number of rotatable bonds is 3. The van der Waals surface area contributed by atoms with Crippen molar-refractivity contribution in [2.45, 2.75) is 18.8 Å². The van der Waals surface area contributed by atoms with Gasteiger partial charge in [-0.25, -0.2) is 4.98 Å². The van der Waals surface area contributed by atoms with Crippen molar-refractivity contribution in [3.05, 3.63) is 18.2 Å². The van der Waals surface area contributed by atoms with Crippen LogP contribution in [0.3, 0.4) is 0 Å². The van der Waals surface area contributed by atoms with Gasteiger partial charge in [0.2, 0.25) is 5.91 Å². The van der Waals surface area contributed by atoms with Gasteiger partial charge in [-0.05, 0) is 19.4 Å². The van der Waals surface area contributed by atoms with Crippen LogP contribution in [0.2, 0.25) is 0 Å². The lowest BCUT2D eigenvalue weighted by molar-refractivity contribution is -0.136. The second-order valence-electron chi connectivity index (χ2n) is 5.96. The Bertz CT molecular complexity index is 482. The summed E-state index contributed by atoms with van der Waals surface area (Å²) >= 11 is 0. The van der Waals surface area contributed by atoms with Crippen LogP contribution >= 0.6 is 0 Å². The Hall–Kier alpha value is -1.40. The van der Waals surface area contributed by atoms with Gasteiger partial charge in [-0.3, -0.25) is 9.69 Å². The number of piperidine rings is 1. The van der Waals surface area contributed by atoms with Crippen molar-refractivity contribution in [2.24, 2.45) is 7.05 Å². The third-order valence-corrected chi connectivity index (χ3v) is 4.45. The summed E-state index contributed by atoms with van der Waals surface area (Å²) in [6.07, 6.45) is 6.14. The quantitative estimate of drug-likeness (QED) is 0.812. The predicted molar refractivity (Wildman–Crippen MR) is 79.0 cm³/mol. The summed E-state index contributed by atoms with van der Waals surface area (Å²) in [5.74, 6) is 1.81. The van der Waals surface area contributed by atoms with Gasteiger partial charge in [0.05, 0.1) is 19.8 Å². The summed E-state index contributed by atoms with van der Waals surface area (Å²) in [6.45, 7) is 5.27. The van der Waals surface area contributed by atoms with E-state index in [0.717, 1.165) is 44.8 Å². The van der Waals surface area contributed by atoms with Crippen LogP contribution in [0.4, 0.5) is 0 Å². The number of amides is 1. The predicted octanol–water partition coefficient (Wildman–Crippen LogP) is 0.458. The number of aromatic nitrogens is 2. The van der Waals surface area contributed by atoms with Crippen molar-refractivity contribution in [3.8, 4) is 0 Å². The third kappa shape index (κ3) is 3.44. The maximum atomic E-state index is 12.3. The number of aryl methyl sites for hydroxylation is 1. The van der Waals surface area contributed by atoms with Crippen LogP contribution in [0.5, 0.6) is 0 Å². The first-order chi connectivity index (χ1) is 10.2. The lowest BCUT2D eigenvalue weighted by Crippen LogP contribution is -2.47. The van der Waals surface area contributed by atoms with Crippen LogP contribution in [0.1, 0.15) is 24.6 Å². The van der Waals surface area contributed by atoms with Crippen molar-refractivity contribution in [1.82, 2.24) is 19.4 Å². The molecule has 2 aliphatic rings. The standard InChI is InChI=1S/C15H24N4O2/c1-17-6-4-16-15(17)13-3-2-5-18(11-13)12-14(20)19-7-9-21-10-8-19/h4,6,13H,2-3,5,7-12H2,1H3/t13-/m0/s1. The van der Waals surface area contributed by atoms with E-state index in [1.807, 2.05) is 24.3 Å². The van der Waals surface area contributed by atoms with Gasteiger partial charge in [-0.1, -0.05) is 0 Å². The molecule has 0 spiro atoms. The summed E-state index contributed by atoms with van der Waals surface area (Å²) in [6, 6.07) is 0. The van der Waals surface area contributed by atoms with Gasteiger partial charge in [0, 0.05) is 45.0 Å². The topological polar surface area (TPSA) is 50.6 Å². The molecule has 0 aliphatic carbocycles. The van der Waals surface area contributed by atoms with Crippen LogP contribution in [-0.4, -0.2) is 71.2 Å². The maximum absolute atomic E-state index is 12.3. The molecule has 1 aromatic heterocycles. The number of likely N-dealkylation sites (tertiary alicyclic amines) is 1. The first-order valence-electron chi connectivity index (χ1n) is 7.79. The fourth-order valence-electron chi connectivity index (χ4n) is 3.28. The fraction of sp³-hybridized carbons (Fsp3) is 0.733. The molecule has 6 heteroatoms. The molecule has 2 fully saturated rings. The lowest BCUT2D eigenvalue weighted by atomic mass is 9.97. The Morgan fingerprint density at radius 1 is 1.38 bits per heavy atom. The molecule has 116 valence electrons. The number of ether oxygens (including phenoxy) is 1. The first-order valence-corrected chi connectivity index (χ1v) is 7.79. The molecule has 1 aromatic rings. The molecule has 0 unspecified atom stereocenters. The Morgan fingerprint density at radius 2 is 2.19 bits per heavy atom. The zero-order valence-electron chi connectivity index (χ0n) is 12.7. The molecule has 0 radical (unpaired) electrons. The number of nitrogens with zero attached hydrogens (tertiary/aromatic N) is 4. The number of hydrogen-bond acceptors (Lipinski definition) is 4. The van der Waals surface area contributed by atoms with Crippen LogP contribution in [0, 0.1) is 0 Å². The minimum absolute atomic E-state index is 0.235. The van der Waals surface area contributed by atoms with Crippen LogP contribution in [-0.2, 0) is 16.6 Å². The highest BCUT2D eigenvalue weighted by Crippen LogP contribution is 2.25. The van der Waals surface area contributed by atoms with Crippen LogP contribution in [0.25, 0.3) is 0 Å². The number of morpholine rings is 1. The van der Waals surface area contributed by atoms with Crippen LogP contribution < -0.4 is 0 Å². The van der Waals surface area contributed by atoms with E-state index in [4.69, 9.17) is 4.74 Å². The van der Waals surface area contributed by atoms with Gasteiger partial charge >= 0.3 is 0 Å². The molecule has 0 aromatic carbocycles. The van der Waals surface area contributed by atoms with Crippen molar-refractivity contribution >= 4 is 5.91 Å². The summed E-state index contributed by atoms with van der Waals surface area (Å²) in [4.78, 5) is 21.0. The second-order valence-corrected chi connectivity index (χ2v) is 5.96.